The van der Waals surface area contributed by atoms with E-state index in [0.717, 1.165) is 25.8 Å². The molecule has 0 saturated heterocycles. The van der Waals surface area contributed by atoms with E-state index in [-0.39, 0.29) is 0 Å². The van der Waals surface area contributed by atoms with E-state index in [1.54, 1.807) is 6.20 Å². The number of fused-ring (bicyclic) bond motifs is 1. The Morgan fingerprint density at radius 1 is 1.21 bits per heavy atom. The summed E-state index contributed by atoms with van der Waals surface area (Å²) >= 11 is 6.95. The van der Waals surface area contributed by atoms with Gasteiger partial charge in [0.2, 0.25) is 5.95 Å². The van der Waals surface area contributed by atoms with Crippen molar-refractivity contribution >= 4 is 49.0 Å². The van der Waals surface area contributed by atoms with Gasteiger partial charge in [-0.1, -0.05) is 6.07 Å². The first kappa shape index (κ1) is 12.6. The van der Waals surface area contributed by atoms with Crippen LogP contribution in [0, 0.1) is 6.92 Å². The molecule has 0 fully saturated rings. The Labute approximate surface area is 126 Å². The van der Waals surface area contributed by atoms with E-state index in [4.69, 9.17) is 5.73 Å². The fraction of sp³-hybridized carbons (Fsp3) is 0.0769. The lowest BCUT2D eigenvalue weighted by Gasteiger charge is -2.09. The second-order valence-electron chi connectivity index (χ2n) is 4.26. The number of hydrogen-bond donors (Lipinski definition) is 1. The minimum Gasteiger partial charge on any atom is -0.369 e. The standard InChI is InChI=1S/C13H10Br2N4/c1-7-2-3-11(9(15)4-7)19-12-10(18-13(19)16)5-8(14)6-17-12/h2-6H,1H3,(H2,16,18). The maximum atomic E-state index is 6.02. The van der Waals surface area contributed by atoms with Gasteiger partial charge in [0.25, 0.3) is 0 Å². The molecule has 0 amide bonds. The normalized spacial score (nSPS) is 11.1. The van der Waals surface area contributed by atoms with Gasteiger partial charge in [-0.3, -0.25) is 4.57 Å². The Morgan fingerprint density at radius 2 is 2.00 bits per heavy atom. The number of hydrogen-bond acceptors (Lipinski definition) is 3. The molecule has 0 saturated carbocycles. The molecule has 0 spiro atoms. The van der Waals surface area contributed by atoms with Crippen LogP contribution in [0.4, 0.5) is 5.95 Å². The fourth-order valence-corrected chi connectivity index (χ4v) is 2.98. The lowest BCUT2D eigenvalue weighted by atomic mass is 10.2. The molecule has 2 aromatic heterocycles. The maximum absolute atomic E-state index is 6.02. The molecule has 19 heavy (non-hydrogen) atoms. The number of anilines is 1. The third-order valence-electron chi connectivity index (χ3n) is 2.83. The highest BCUT2D eigenvalue weighted by molar-refractivity contribution is 9.10. The summed E-state index contributed by atoms with van der Waals surface area (Å²) in [5.41, 5.74) is 9.63. The lowest BCUT2D eigenvalue weighted by Crippen LogP contribution is -2.02. The molecule has 0 aliphatic carbocycles. The predicted molar refractivity (Wildman–Crippen MR) is 83.4 cm³/mol. The van der Waals surface area contributed by atoms with E-state index in [0.29, 0.717) is 5.95 Å². The topological polar surface area (TPSA) is 56.7 Å². The molecule has 0 aliphatic heterocycles. The van der Waals surface area contributed by atoms with E-state index < -0.39 is 0 Å². The van der Waals surface area contributed by atoms with Crippen molar-refractivity contribution in [2.45, 2.75) is 6.92 Å². The molecular formula is C13H10Br2N4. The van der Waals surface area contributed by atoms with Crippen LogP contribution in [-0.2, 0) is 0 Å². The lowest BCUT2D eigenvalue weighted by molar-refractivity contribution is 1.07. The molecule has 0 radical (unpaired) electrons. The average Bonchev–Trinajstić information content (AvgIpc) is 2.65. The molecule has 6 heteroatoms. The second kappa shape index (κ2) is 4.61. The van der Waals surface area contributed by atoms with E-state index in [1.165, 1.54) is 5.56 Å². The van der Waals surface area contributed by atoms with Crippen molar-refractivity contribution in [2.24, 2.45) is 0 Å². The highest BCUT2D eigenvalue weighted by atomic mass is 79.9. The van der Waals surface area contributed by atoms with Crippen LogP contribution in [0.3, 0.4) is 0 Å². The number of benzene rings is 1. The van der Waals surface area contributed by atoms with Crippen molar-refractivity contribution in [3.8, 4) is 5.69 Å². The first-order valence-corrected chi connectivity index (χ1v) is 7.21. The Hall–Kier alpha value is -1.40. The van der Waals surface area contributed by atoms with Crippen LogP contribution in [0.5, 0.6) is 0 Å². The van der Waals surface area contributed by atoms with Crippen LogP contribution < -0.4 is 5.73 Å². The number of rotatable bonds is 1. The summed E-state index contributed by atoms with van der Waals surface area (Å²) in [4.78, 5) is 8.74. The molecule has 0 aliphatic rings. The molecule has 3 aromatic rings. The van der Waals surface area contributed by atoms with Gasteiger partial charge >= 0.3 is 0 Å². The van der Waals surface area contributed by atoms with Gasteiger partial charge in [-0.05, 0) is 62.5 Å². The number of nitrogens with two attached hydrogens (primary N) is 1. The van der Waals surface area contributed by atoms with Gasteiger partial charge in [0.1, 0.15) is 5.52 Å². The summed E-state index contributed by atoms with van der Waals surface area (Å²) < 4.78 is 3.68. The predicted octanol–water partition coefficient (Wildman–Crippen LogP) is 3.84. The van der Waals surface area contributed by atoms with Gasteiger partial charge in [0.05, 0.1) is 5.69 Å². The van der Waals surface area contributed by atoms with Crippen molar-refractivity contribution < 1.29 is 0 Å². The Balaban J connectivity index is 2.33. The highest BCUT2D eigenvalue weighted by Gasteiger charge is 2.13. The van der Waals surface area contributed by atoms with Gasteiger partial charge in [-0.25, -0.2) is 9.97 Å². The minimum absolute atomic E-state index is 0.421. The summed E-state index contributed by atoms with van der Waals surface area (Å²) in [7, 11) is 0. The largest absolute Gasteiger partial charge is 0.369 e. The molecule has 2 N–H and O–H groups in total. The summed E-state index contributed by atoms with van der Waals surface area (Å²) in [6, 6.07) is 7.97. The number of aryl methyl sites for hydroxylation is 1. The van der Waals surface area contributed by atoms with Crippen molar-refractivity contribution in [1.29, 1.82) is 0 Å². The summed E-state index contributed by atoms with van der Waals surface area (Å²) in [5, 5.41) is 0. The van der Waals surface area contributed by atoms with E-state index in [9.17, 15) is 0 Å². The van der Waals surface area contributed by atoms with Gasteiger partial charge < -0.3 is 5.73 Å². The van der Waals surface area contributed by atoms with Crippen LogP contribution in [0.1, 0.15) is 5.56 Å². The Kier molecular flexibility index (Phi) is 3.06. The van der Waals surface area contributed by atoms with Crippen LogP contribution in [0.15, 0.2) is 39.4 Å². The number of nitrogens with zero attached hydrogens (tertiary/aromatic N) is 3. The first-order valence-electron chi connectivity index (χ1n) is 5.62. The zero-order valence-electron chi connectivity index (χ0n) is 10.1. The maximum Gasteiger partial charge on any atom is 0.207 e. The summed E-state index contributed by atoms with van der Waals surface area (Å²) in [6.45, 7) is 2.04. The molecule has 0 atom stereocenters. The van der Waals surface area contributed by atoms with Crippen molar-refractivity contribution in [3.05, 3.63) is 45.0 Å². The van der Waals surface area contributed by atoms with Crippen LogP contribution in [0.2, 0.25) is 0 Å². The molecule has 96 valence electrons. The molecule has 4 nitrogen and oxygen atoms in total. The molecule has 1 aromatic carbocycles. The van der Waals surface area contributed by atoms with Gasteiger partial charge in [0, 0.05) is 15.1 Å². The van der Waals surface area contributed by atoms with Gasteiger partial charge in [-0.15, -0.1) is 0 Å². The number of halogens is 2. The Morgan fingerprint density at radius 3 is 2.74 bits per heavy atom. The average molecular weight is 382 g/mol. The van der Waals surface area contributed by atoms with Crippen LogP contribution in [0.25, 0.3) is 16.9 Å². The number of imidazole rings is 1. The zero-order valence-corrected chi connectivity index (χ0v) is 13.2. The number of pyridine rings is 1. The van der Waals surface area contributed by atoms with Crippen molar-refractivity contribution in [2.75, 3.05) is 5.73 Å². The smallest absolute Gasteiger partial charge is 0.207 e. The van der Waals surface area contributed by atoms with E-state index >= 15 is 0 Å². The number of aromatic nitrogens is 3. The van der Waals surface area contributed by atoms with Crippen molar-refractivity contribution in [3.63, 3.8) is 0 Å². The molecule has 3 rings (SSSR count). The minimum atomic E-state index is 0.421. The molecule has 0 unspecified atom stereocenters. The van der Waals surface area contributed by atoms with E-state index in [2.05, 4.69) is 41.8 Å². The second-order valence-corrected chi connectivity index (χ2v) is 6.03. The molecular weight excluding hydrogens is 372 g/mol. The molecule has 2 heterocycles. The monoisotopic (exact) mass is 380 g/mol. The van der Waals surface area contributed by atoms with Crippen molar-refractivity contribution in [1.82, 2.24) is 14.5 Å². The quantitative estimate of drug-likeness (QED) is 0.696. The Bertz CT molecular complexity index is 780. The third-order valence-corrected chi connectivity index (χ3v) is 3.90. The molecule has 0 bridgehead atoms. The van der Waals surface area contributed by atoms with Crippen LogP contribution >= 0.6 is 31.9 Å². The number of nitrogen functional groups attached to an aromatic ring is 1. The SMILES string of the molecule is Cc1ccc(-n2c(N)nc3cc(Br)cnc32)c(Br)c1. The third kappa shape index (κ3) is 2.15. The summed E-state index contributed by atoms with van der Waals surface area (Å²) in [6.07, 6.45) is 1.74. The van der Waals surface area contributed by atoms with Gasteiger partial charge in [0.15, 0.2) is 5.65 Å². The first-order chi connectivity index (χ1) is 9.06. The summed E-state index contributed by atoms with van der Waals surface area (Å²) in [5.74, 6) is 0.421. The highest BCUT2D eigenvalue weighted by Crippen LogP contribution is 2.28. The van der Waals surface area contributed by atoms with Gasteiger partial charge in [-0.2, -0.15) is 0 Å². The van der Waals surface area contributed by atoms with E-state index in [1.807, 2.05) is 35.8 Å². The zero-order chi connectivity index (χ0) is 13.6. The fourth-order valence-electron chi connectivity index (χ4n) is 1.99. The van der Waals surface area contributed by atoms with Crippen LogP contribution in [-0.4, -0.2) is 14.5 Å².